The Hall–Kier alpha value is -2.18. The summed E-state index contributed by atoms with van der Waals surface area (Å²) in [5.41, 5.74) is 6.69. The third-order valence-electron chi connectivity index (χ3n) is 3.50. The van der Waals surface area contributed by atoms with E-state index in [2.05, 4.69) is 38.4 Å². The molecule has 0 atom stereocenters. The van der Waals surface area contributed by atoms with Gasteiger partial charge >= 0.3 is 0 Å². The summed E-state index contributed by atoms with van der Waals surface area (Å²) in [7, 11) is 0. The number of aromatic nitrogens is 1. The maximum absolute atomic E-state index is 10.1. The first-order valence-electron chi connectivity index (χ1n) is 7.48. The molecule has 0 saturated heterocycles. The van der Waals surface area contributed by atoms with Crippen molar-refractivity contribution in [1.29, 1.82) is 0 Å². The van der Waals surface area contributed by atoms with E-state index in [0.717, 1.165) is 23.2 Å². The Kier molecular flexibility index (Phi) is 5.27. The van der Waals surface area contributed by atoms with E-state index in [1.54, 1.807) is 6.21 Å². The average Bonchev–Trinajstić information content (AvgIpc) is 3.08. The number of rotatable bonds is 5. The van der Waals surface area contributed by atoms with Gasteiger partial charge in [-0.1, -0.05) is 37.3 Å². The minimum atomic E-state index is 0.182. The van der Waals surface area contributed by atoms with E-state index < -0.39 is 0 Å². The van der Waals surface area contributed by atoms with Gasteiger partial charge in [0, 0.05) is 16.5 Å². The van der Waals surface area contributed by atoms with Crippen molar-refractivity contribution in [2.75, 3.05) is 5.43 Å². The van der Waals surface area contributed by atoms with Gasteiger partial charge in [-0.2, -0.15) is 5.10 Å². The molecule has 1 aromatic heterocycles. The predicted octanol–water partition coefficient (Wildman–Crippen LogP) is 5.29. The van der Waals surface area contributed by atoms with Crippen LogP contribution in [0.15, 0.2) is 57.4 Å². The van der Waals surface area contributed by atoms with Crippen LogP contribution in [0, 0.1) is 0 Å². The molecule has 24 heavy (non-hydrogen) atoms. The zero-order chi connectivity index (χ0) is 16.9. The molecule has 6 heteroatoms. The van der Waals surface area contributed by atoms with Crippen molar-refractivity contribution in [3.63, 3.8) is 0 Å². The zero-order valence-electron chi connectivity index (χ0n) is 13.0. The molecule has 0 saturated carbocycles. The van der Waals surface area contributed by atoms with Crippen LogP contribution in [0.4, 0.5) is 5.13 Å². The lowest BCUT2D eigenvalue weighted by molar-refractivity contribution is 0.471. The van der Waals surface area contributed by atoms with Crippen molar-refractivity contribution >= 4 is 38.6 Å². The first kappa shape index (κ1) is 16.7. The smallest absolute Gasteiger partial charge is 0.203 e. The lowest BCUT2D eigenvalue weighted by Gasteiger charge is -2.05. The maximum atomic E-state index is 10.1. The fourth-order valence-corrected chi connectivity index (χ4v) is 3.40. The first-order valence-corrected chi connectivity index (χ1v) is 9.16. The molecule has 0 fully saturated rings. The molecule has 0 aliphatic carbocycles. The molecule has 122 valence electrons. The number of halogens is 1. The third kappa shape index (κ3) is 3.83. The van der Waals surface area contributed by atoms with Gasteiger partial charge in [0.15, 0.2) is 0 Å². The first-order chi connectivity index (χ1) is 11.7. The Morgan fingerprint density at radius 1 is 1.29 bits per heavy atom. The number of thiazole rings is 1. The van der Waals surface area contributed by atoms with Gasteiger partial charge in [0.05, 0.1) is 16.4 Å². The van der Waals surface area contributed by atoms with E-state index in [9.17, 15) is 5.11 Å². The van der Waals surface area contributed by atoms with E-state index in [1.807, 2.05) is 47.8 Å². The van der Waals surface area contributed by atoms with Crippen LogP contribution in [0.1, 0.15) is 18.1 Å². The normalized spacial score (nSPS) is 11.1. The molecule has 0 bridgehead atoms. The summed E-state index contributed by atoms with van der Waals surface area (Å²) in [4.78, 5) is 4.51. The number of benzene rings is 2. The largest absolute Gasteiger partial charge is 0.506 e. The van der Waals surface area contributed by atoms with Crippen LogP contribution in [0.2, 0.25) is 0 Å². The number of hydrazone groups is 1. The van der Waals surface area contributed by atoms with Crippen LogP contribution >= 0.6 is 27.3 Å². The number of aryl methyl sites for hydroxylation is 1. The van der Waals surface area contributed by atoms with E-state index in [4.69, 9.17) is 0 Å². The topological polar surface area (TPSA) is 57.5 Å². The Labute approximate surface area is 153 Å². The van der Waals surface area contributed by atoms with Crippen LogP contribution < -0.4 is 5.43 Å². The molecule has 2 N–H and O–H groups in total. The minimum absolute atomic E-state index is 0.182. The van der Waals surface area contributed by atoms with Crippen molar-refractivity contribution in [1.82, 2.24) is 4.98 Å². The molecule has 0 aliphatic heterocycles. The Bertz CT molecular complexity index is 862. The van der Waals surface area contributed by atoms with Gasteiger partial charge in [-0.05, 0) is 40.0 Å². The number of phenolic OH excluding ortho intramolecular Hbond substituents is 1. The number of aromatic hydroxyl groups is 1. The van der Waals surface area contributed by atoms with Crippen LogP contribution in [0.5, 0.6) is 5.75 Å². The highest BCUT2D eigenvalue weighted by molar-refractivity contribution is 9.10. The molecule has 0 spiro atoms. The second kappa shape index (κ2) is 7.59. The minimum Gasteiger partial charge on any atom is -0.506 e. The number of hydrogen-bond donors (Lipinski definition) is 2. The van der Waals surface area contributed by atoms with E-state index in [-0.39, 0.29) is 5.75 Å². The lowest BCUT2D eigenvalue weighted by atomic mass is 10.1. The third-order valence-corrected chi connectivity index (χ3v) is 4.85. The average molecular weight is 402 g/mol. The van der Waals surface area contributed by atoms with Crippen molar-refractivity contribution in [2.45, 2.75) is 13.3 Å². The maximum Gasteiger partial charge on any atom is 0.203 e. The zero-order valence-corrected chi connectivity index (χ0v) is 15.4. The van der Waals surface area contributed by atoms with Gasteiger partial charge in [-0.3, -0.25) is 5.43 Å². The molecule has 4 nitrogen and oxygen atoms in total. The van der Waals surface area contributed by atoms with Gasteiger partial charge in [-0.25, -0.2) is 4.98 Å². The number of hydrogen-bond acceptors (Lipinski definition) is 5. The lowest BCUT2D eigenvalue weighted by Crippen LogP contribution is -1.93. The van der Waals surface area contributed by atoms with Gasteiger partial charge in [0.2, 0.25) is 5.13 Å². The van der Waals surface area contributed by atoms with Crippen LogP contribution in [-0.2, 0) is 6.42 Å². The van der Waals surface area contributed by atoms with Crippen molar-refractivity contribution in [2.24, 2.45) is 5.10 Å². The van der Waals surface area contributed by atoms with Crippen LogP contribution in [0.3, 0.4) is 0 Å². The molecule has 0 radical (unpaired) electrons. The summed E-state index contributed by atoms with van der Waals surface area (Å²) in [6.45, 7) is 2.07. The number of nitrogens with one attached hydrogen (secondary N) is 1. The molecule has 2 aromatic carbocycles. The molecular weight excluding hydrogens is 386 g/mol. The predicted molar refractivity (Wildman–Crippen MR) is 104 cm³/mol. The number of phenols is 1. The summed E-state index contributed by atoms with van der Waals surface area (Å²) in [5.74, 6) is 0.182. The second-order valence-electron chi connectivity index (χ2n) is 5.14. The van der Waals surface area contributed by atoms with E-state index in [1.165, 1.54) is 11.3 Å². The molecule has 3 rings (SSSR count). The molecule has 0 unspecified atom stereocenters. The monoisotopic (exact) mass is 401 g/mol. The fraction of sp³-hybridized carbons (Fsp3) is 0.111. The Morgan fingerprint density at radius 2 is 2.08 bits per heavy atom. The summed E-state index contributed by atoms with van der Waals surface area (Å²) < 4.78 is 0.670. The van der Waals surface area contributed by atoms with Crippen molar-refractivity contribution in [3.8, 4) is 17.0 Å². The highest BCUT2D eigenvalue weighted by Gasteiger charge is 2.06. The summed E-state index contributed by atoms with van der Waals surface area (Å²) in [5, 5.41) is 17.0. The van der Waals surface area contributed by atoms with Gasteiger partial charge in [-0.15, -0.1) is 11.3 Å². The van der Waals surface area contributed by atoms with Crippen LogP contribution in [0.25, 0.3) is 11.3 Å². The SMILES string of the molecule is CCc1cc(Br)c(O)c(C=NNc2nc(-c3ccccc3)cs2)c1. The summed E-state index contributed by atoms with van der Waals surface area (Å²) >= 11 is 4.85. The van der Waals surface area contributed by atoms with Gasteiger partial charge < -0.3 is 5.11 Å². The van der Waals surface area contributed by atoms with E-state index in [0.29, 0.717) is 15.2 Å². The molecule has 3 aromatic rings. The second-order valence-corrected chi connectivity index (χ2v) is 6.86. The van der Waals surface area contributed by atoms with Crippen LogP contribution in [-0.4, -0.2) is 16.3 Å². The van der Waals surface area contributed by atoms with Crippen molar-refractivity contribution in [3.05, 3.63) is 63.4 Å². The summed E-state index contributed by atoms with van der Waals surface area (Å²) in [6.07, 6.45) is 2.49. The van der Waals surface area contributed by atoms with Gasteiger partial charge in [0.25, 0.3) is 0 Å². The highest BCUT2D eigenvalue weighted by Crippen LogP contribution is 2.29. The molecule has 0 aliphatic rings. The fourth-order valence-electron chi connectivity index (χ4n) is 2.20. The molecular formula is C18H16BrN3OS. The van der Waals surface area contributed by atoms with Crippen molar-refractivity contribution < 1.29 is 5.11 Å². The molecule has 0 amide bonds. The standard InChI is InChI=1S/C18H16BrN3OS/c1-2-12-8-14(17(23)15(19)9-12)10-20-22-18-21-16(11-24-18)13-6-4-3-5-7-13/h3-11,23H,2H2,1H3,(H,21,22). The molecule has 1 heterocycles. The van der Waals surface area contributed by atoms with Gasteiger partial charge in [0.1, 0.15) is 5.75 Å². The number of nitrogens with zero attached hydrogens (tertiary/aromatic N) is 2. The van der Waals surface area contributed by atoms with E-state index >= 15 is 0 Å². The quantitative estimate of drug-likeness (QED) is 0.451. The Balaban J connectivity index is 1.74. The summed E-state index contributed by atoms with van der Waals surface area (Å²) in [6, 6.07) is 13.8. The highest BCUT2D eigenvalue weighted by atomic mass is 79.9. The Morgan fingerprint density at radius 3 is 2.83 bits per heavy atom. The number of anilines is 1.